The molecule has 1 fully saturated rings. The number of benzene rings is 2. The molecule has 140 valence electrons. The molecule has 6 nitrogen and oxygen atoms in total. The second-order valence-electron chi connectivity index (χ2n) is 7.06. The summed E-state index contributed by atoms with van der Waals surface area (Å²) in [5.74, 6) is -0.673. The van der Waals surface area contributed by atoms with Crippen LogP contribution in [0.1, 0.15) is 16.8 Å². The van der Waals surface area contributed by atoms with Crippen molar-refractivity contribution in [2.75, 3.05) is 6.54 Å². The highest BCUT2D eigenvalue weighted by molar-refractivity contribution is 5.97. The minimum absolute atomic E-state index is 0.0947. The van der Waals surface area contributed by atoms with Gasteiger partial charge in [-0.1, -0.05) is 30.3 Å². The van der Waals surface area contributed by atoms with Gasteiger partial charge in [0.05, 0.1) is 12.8 Å². The quantitative estimate of drug-likeness (QED) is 0.698. The molecule has 2 aliphatic heterocycles. The topological polar surface area (TPSA) is 68.8 Å². The summed E-state index contributed by atoms with van der Waals surface area (Å²) in [7, 11) is 0. The molecule has 0 radical (unpaired) electrons. The van der Waals surface area contributed by atoms with E-state index in [2.05, 4.69) is 10.1 Å². The summed E-state index contributed by atoms with van der Waals surface area (Å²) >= 11 is 0. The minimum atomic E-state index is -0.557. The molecule has 1 N–H and O–H groups in total. The number of amides is 2. The maximum atomic E-state index is 13.0. The fourth-order valence-corrected chi connectivity index (χ4v) is 3.94. The van der Waals surface area contributed by atoms with Crippen molar-refractivity contribution in [2.45, 2.75) is 19.0 Å². The van der Waals surface area contributed by atoms with E-state index in [4.69, 9.17) is 0 Å². The fourth-order valence-electron chi connectivity index (χ4n) is 3.94. The molecular weight excluding hydrogens is 359 g/mol. The number of nitrogens with zero attached hydrogens (tertiary/aromatic N) is 3. The van der Waals surface area contributed by atoms with Crippen molar-refractivity contribution in [2.24, 2.45) is 5.10 Å². The Hall–Kier alpha value is -3.48. The highest BCUT2D eigenvalue weighted by Crippen LogP contribution is 2.32. The van der Waals surface area contributed by atoms with Gasteiger partial charge >= 0.3 is 0 Å². The van der Waals surface area contributed by atoms with Crippen LogP contribution in [0.25, 0.3) is 10.9 Å². The van der Waals surface area contributed by atoms with Crippen LogP contribution in [0.4, 0.5) is 4.39 Å². The summed E-state index contributed by atoms with van der Waals surface area (Å²) in [6.45, 7) is 0.303. The van der Waals surface area contributed by atoms with E-state index < -0.39 is 6.04 Å². The van der Waals surface area contributed by atoms with Gasteiger partial charge < -0.3 is 9.88 Å². The lowest BCUT2D eigenvalue weighted by Gasteiger charge is -2.40. The number of piperazine rings is 1. The maximum Gasteiger partial charge on any atom is 0.266 e. The van der Waals surface area contributed by atoms with Crippen LogP contribution in [0, 0.1) is 5.82 Å². The van der Waals surface area contributed by atoms with E-state index in [9.17, 15) is 14.0 Å². The average Bonchev–Trinajstić information content (AvgIpc) is 3.07. The molecular formula is C21H17FN4O2. The summed E-state index contributed by atoms with van der Waals surface area (Å²) in [5.41, 5.74) is 3.74. The van der Waals surface area contributed by atoms with Crippen molar-refractivity contribution < 1.29 is 14.0 Å². The Morgan fingerprint density at radius 1 is 1.07 bits per heavy atom. The van der Waals surface area contributed by atoms with E-state index in [1.807, 2.05) is 24.3 Å². The third kappa shape index (κ3) is 2.67. The lowest BCUT2D eigenvalue weighted by molar-refractivity contribution is -0.157. The second kappa shape index (κ2) is 6.30. The van der Waals surface area contributed by atoms with Gasteiger partial charge in [-0.3, -0.25) is 9.59 Å². The Morgan fingerprint density at radius 3 is 2.68 bits per heavy atom. The zero-order valence-electron chi connectivity index (χ0n) is 14.9. The molecule has 2 aliphatic rings. The lowest BCUT2D eigenvalue weighted by atomic mass is 9.94. The molecule has 1 atom stereocenters. The normalized spacial score (nSPS) is 19.4. The molecule has 3 heterocycles. The molecule has 5 rings (SSSR count). The number of hydrogen-bond acceptors (Lipinski definition) is 3. The van der Waals surface area contributed by atoms with Crippen LogP contribution < -0.4 is 0 Å². The zero-order valence-corrected chi connectivity index (χ0v) is 14.9. The maximum absolute atomic E-state index is 13.0. The third-order valence-electron chi connectivity index (χ3n) is 5.37. The summed E-state index contributed by atoms with van der Waals surface area (Å²) < 4.78 is 13.0. The molecule has 0 bridgehead atoms. The van der Waals surface area contributed by atoms with Gasteiger partial charge in [0, 0.05) is 23.0 Å². The molecule has 0 spiro atoms. The Morgan fingerprint density at radius 2 is 1.86 bits per heavy atom. The van der Waals surface area contributed by atoms with E-state index in [0.29, 0.717) is 18.5 Å². The van der Waals surface area contributed by atoms with Crippen molar-refractivity contribution in [1.82, 2.24) is 14.9 Å². The highest BCUT2D eigenvalue weighted by atomic mass is 19.1. The molecule has 0 aliphatic carbocycles. The number of H-pyrrole nitrogens is 1. The van der Waals surface area contributed by atoms with Gasteiger partial charge in [0.2, 0.25) is 5.91 Å². The first kappa shape index (κ1) is 16.7. The SMILES string of the molecule is O=C1[C@@H]2Cc3c([nH]c4ccccc34)CN2C(=O)CN1/N=C\c1ccc(F)cc1. The lowest BCUT2D eigenvalue weighted by Crippen LogP contribution is -2.60. The van der Waals surface area contributed by atoms with Crippen molar-refractivity contribution in [3.63, 3.8) is 0 Å². The standard InChI is InChI=1S/C21H17FN4O2/c22-14-7-5-13(6-8-14)10-23-26-12-20(27)25-11-18-16(9-19(25)21(26)28)15-3-1-2-4-17(15)24-18/h1-8,10,19,24H,9,11-12H2/b23-10-/t19-/m0/s1. The average molecular weight is 376 g/mol. The van der Waals surface area contributed by atoms with Crippen LogP contribution in [-0.4, -0.2) is 45.5 Å². The number of aromatic nitrogens is 1. The minimum Gasteiger partial charge on any atom is -0.357 e. The Labute approximate surface area is 160 Å². The van der Waals surface area contributed by atoms with Crippen LogP contribution in [0.15, 0.2) is 53.6 Å². The second-order valence-corrected chi connectivity index (χ2v) is 7.06. The van der Waals surface area contributed by atoms with Crippen LogP contribution in [0.2, 0.25) is 0 Å². The molecule has 28 heavy (non-hydrogen) atoms. The van der Waals surface area contributed by atoms with Crippen LogP contribution in [0.5, 0.6) is 0 Å². The molecule has 0 saturated carbocycles. The zero-order chi connectivity index (χ0) is 19.3. The molecule has 2 aromatic carbocycles. The summed E-state index contributed by atoms with van der Waals surface area (Å²) in [4.78, 5) is 30.7. The van der Waals surface area contributed by atoms with Crippen LogP contribution in [-0.2, 0) is 22.6 Å². The number of hydrazone groups is 1. The van der Waals surface area contributed by atoms with Crippen LogP contribution in [0.3, 0.4) is 0 Å². The van der Waals surface area contributed by atoms with Crippen molar-refractivity contribution in [3.05, 3.63) is 71.2 Å². The van der Waals surface area contributed by atoms with Gasteiger partial charge in [-0.15, -0.1) is 0 Å². The Bertz CT molecular complexity index is 1120. The van der Waals surface area contributed by atoms with Gasteiger partial charge in [0.1, 0.15) is 18.4 Å². The first-order valence-corrected chi connectivity index (χ1v) is 9.09. The van der Waals surface area contributed by atoms with Gasteiger partial charge in [-0.2, -0.15) is 5.10 Å². The van der Waals surface area contributed by atoms with E-state index >= 15 is 0 Å². The largest absolute Gasteiger partial charge is 0.357 e. The monoisotopic (exact) mass is 376 g/mol. The van der Waals surface area contributed by atoms with Crippen molar-refractivity contribution in [3.8, 4) is 0 Å². The number of rotatable bonds is 2. The van der Waals surface area contributed by atoms with Gasteiger partial charge in [-0.05, 0) is 29.3 Å². The van der Waals surface area contributed by atoms with Crippen LogP contribution >= 0.6 is 0 Å². The number of nitrogens with one attached hydrogen (secondary N) is 1. The third-order valence-corrected chi connectivity index (χ3v) is 5.37. The summed E-state index contributed by atoms with van der Waals surface area (Å²) in [6.07, 6.45) is 1.94. The summed E-state index contributed by atoms with van der Waals surface area (Å²) in [5, 5.41) is 6.49. The Kier molecular flexibility index (Phi) is 3.75. The molecule has 0 unspecified atom stereocenters. The number of fused-ring (bicyclic) bond motifs is 4. The first-order chi connectivity index (χ1) is 13.6. The molecule has 2 amide bonds. The number of para-hydroxylation sites is 1. The summed E-state index contributed by atoms with van der Waals surface area (Å²) in [6, 6.07) is 13.2. The smallest absolute Gasteiger partial charge is 0.266 e. The molecule has 1 aromatic heterocycles. The van der Waals surface area contributed by atoms with Crippen molar-refractivity contribution >= 4 is 28.9 Å². The number of carbonyl (C=O) groups excluding carboxylic acids is 2. The van der Waals surface area contributed by atoms with Gasteiger partial charge in [0.25, 0.3) is 5.91 Å². The van der Waals surface area contributed by atoms with E-state index in [0.717, 1.165) is 22.2 Å². The Balaban J connectivity index is 1.44. The molecule has 1 saturated heterocycles. The number of aromatic amines is 1. The first-order valence-electron chi connectivity index (χ1n) is 9.09. The predicted octanol–water partition coefficient (Wildman–Crippen LogP) is 2.44. The molecule has 3 aromatic rings. The predicted molar refractivity (Wildman–Crippen MR) is 102 cm³/mol. The van der Waals surface area contributed by atoms with E-state index in [-0.39, 0.29) is 24.2 Å². The van der Waals surface area contributed by atoms with E-state index in [1.165, 1.54) is 23.4 Å². The van der Waals surface area contributed by atoms with Gasteiger partial charge in [0.15, 0.2) is 0 Å². The van der Waals surface area contributed by atoms with E-state index in [1.54, 1.807) is 17.0 Å². The van der Waals surface area contributed by atoms with Gasteiger partial charge in [-0.25, -0.2) is 9.40 Å². The highest BCUT2D eigenvalue weighted by Gasteiger charge is 2.43. The number of carbonyl (C=O) groups is 2. The fraction of sp³-hybridized carbons (Fsp3) is 0.190. The molecule has 7 heteroatoms. The number of halogens is 1. The van der Waals surface area contributed by atoms with Crippen molar-refractivity contribution in [1.29, 1.82) is 0 Å². The number of hydrogen-bond donors (Lipinski definition) is 1.